The third-order valence-electron chi connectivity index (χ3n) is 5.26. The molecule has 0 saturated heterocycles. The van der Waals surface area contributed by atoms with Gasteiger partial charge >= 0.3 is 0 Å². The number of hydrogen-bond acceptors (Lipinski definition) is 2. The Balaban J connectivity index is 1.76. The molecule has 0 aliphatic heterocycles. The highest BCUT2D eigenvalue weighted by Gasteiger charge is 2.57. The number of benzene rings is 1. The zero-order chi connectivity index (χ0) is 14.4. The molecular formula is C18H26O2. The molecule has 2 atom stereocenters. The van der Waals surface area contributed by atoms with E-state index in [0.29, 0.717) is 0 Å². The van der Waals surface area contributed by atoms with Crippen molar-refractivity contribution in [1.29, 1.82) is 0 Å². The molecule has 2 saturated carbocycles. The van der Waals surface area contributed by atoms with Crippen LogP contribution < -0.4 is 4.74 Å². The van der Waals surface area contributed by atoms with Gasteiger partial charge in [0.1, 0.15) is 11.9 Å². The van der Waals surface area contributed by atoms with Crippen molar-refractivity contribution in [3.05, 3.63) is 29.8 Å². The minimum absolute atomic E-state index is 0.0533. The SMILES string of the molecule is CC(C)(C)c1cccc(OC2CC(O)C23CCCC3)c1. The summed E-state index contributed by atoms with van der Waals surface area (Å²) in [5.74, 6) is 0.959. The Morgan fingerprint density at radius 2 is 1.90 bits per heavy atom. The second-order valence-corrected chi connectivity index (χ2v) is 7.58. The number of hydrogen-bond donors (Lipinski definition) is 1. The van der Waals surface area contributed by atoms with Crippen molar-refractivity contribution in [3.63, 3.8) is 0 Å². The molecule has 0 heterocycles. The maximum atomic E-state index is 10.2. The topological polar surface area (TPSA) is 29.5 Å². The molecule has 2 nitrogen and oxygen atoms in total. The molecule has 1 N–H and O–H groups in total. The van der Waals surface area contributed by atoms with Gasteiger partial charge in [-0.3, -0.25) is 0 Å². The van der Waals surface area contributed by atoms with Crippen LogP contribution in [0.4, 0.5) is 0 Å². The summed E-state index contributed by atoms with van der Waals surface area (Å²) in [6.45, 7) is 6.66. The van der Waals surface area contributed by atoms with Crippen LogP contribution in [0, 0.1) is 5.41 Å². The second-order valence-electron chi connectivity index (χ2n) is 7.58. The summed E-state index contributed by atoms with van der Waals surface area (Å²) in [5.41, 5.74) is 1.50. The molecule has 0 bridgehead atoms. The first-order valence-corrected chi connectivity index (χ1v) is 7.87. The van der Waals surface area contributed by atoms with Gasteiger partial charge < -0.3 is 9.84 Å². The Hall–Kier alpha value is -1.02. The van der Waals surface area contributed by atoms with E-state index in [1.807, 2.05) is 6.07 Å². The van der Waals surface area contributed by atoms with E-state index in [-0.39, 0.29) is 23.0 Å². The highest BCUT2D eigenvalue weighted by molar-refractivity contribution is 5.33. The van der Waals surface area contributed by atoms with E-state index in [4.69, 9.17) is 4.74 Å². The lowest BCUT2D eigenvalue weighted by Gasteiger charge is -2.51. The molecule has 0 radical (unpaired) electrons. The third-order valence-corrected chi connectivity index (χ3v) is 5.26. The lowest BCUT2D eigenvalue weighted by atomic mass is 9.62. The molecule has 110 valence electrons. The van der Waals surface area contributed by atoms with Gasteiger partial charge in [-0.1, -0.05) is 45.7 Å². The minimum Gasteiger partial charge on any atom is -0.490 e. The fourth-order valence-corrected chi connectivity index (χ4v) is 3.78. The monoisotopic (exact) mass is 274 g/mol. The average Bonchev–Trinajstić information content (AvgIpc) is 2.90. The molecule has 2 heteroatoms. The summed E-state index contributed by atoms with van der Waals surface area (Å²) < 4.78 is 6.23. The van der Waals surface area contributed by atoms with Crippen molar-refractivity contribution >= 4 is 0 Å². The van der Waals surface area contributed by atoms with Gasteiger partial charge in [0.15, 0.2) is 0 Å². The van der Waals surface area contributed by atoms with Crippen LogP contribution in [0.2, 0.25) is 0 Å². The van der Waals surface area contributed by atoms with E-state index >= 15 is 0 Å². The molecule has 2 aliphatic rings. The summed E-state index contributed by atoms with van der Waals surface area (Å²) in [6, 6.07) is 8.44. The molecular weight excluding hydrogens is 248 g/mol. The molecule has 1 spiro atoms. The Morgan fingerprint density at radius 1 is 1.20 bits per heavy atom. The Morgan fingerprint density at radius 3 is 2.50 bits per heavy atom. The average molecular weight is 274 g/mol. The lowest BCUT2D eigenvalue weighted by Crippen LogP contribution is -2.58. The van der Waals surface area contributed by atoms with Crippen molar-refractivity contribution < 1.29 is 9.84 Å². The molecule has 0 amide bonds. The maximum Gasteiger partial charge on any atom is 0.120 e. The number of aliphatic hydroxyl groups is 1. The Labute approximate surface area is 122 Å². The minimum atomic E-state index is -0.152. The van der Waals surface area contributed by atoms with E-state index in [1.165, 1.54) is 18.4 Å². The summed E-state index contributed by atoms with van der Waals surface area (Å²) in [5, 5.41) is 10.2. The smallest absolute Gasteiger partial charge is 0.120 e. The Kier molecular flexibility index (Phi) is 3.32. The van der Waals surface area contributed by atoms with Crippen LogP contribution in [0.25, 0.3) is 0 Å². The first-order valence-electron chi connectivity index (χ1n) is 7.87. The predicted octanol–water partition coefficient (Wildman–Crippen LogP) is 4.06. The first kappa shape index (κ1) is 13.9. The molecule has 3 rings (SSSR count). The summed E-state index contributed by atoms with van der Waals surface area (Å²) in [7, 11) is 0. The lowest BCUT2D eigenvalue weighted by molar-refractivity contribution is -0.152. The molecule has 1 aromatic carbocycles. The number of ether oxygens (including phenoxy) is 1. The molecule has 1 aromatic rings. The second kappa shape index (κ2) is 4.77. The van der Waals surface area contributed by atoms with E-state index in [2.05, 4.69) is 39.0 Å². The van der Waals surface area contributed by atoms with Crippen LogP contribution in [0.15, 0.2) is 24.3 Å². The van der Waals surface area contributed by atoms with Crippen molar-refractivity contribution in [2.75, 3.05) is 0 Å². The first-order chi connectivity index (χ1) is 9.42. The summed E-state index contributed by atoms with van der Waals surface area (Å²) in [6.07, 6.45) is 5.56. The van der Waals surface area contributed by atoms with Gasteiger partial charge in [-0.25, -0.2) is 0 Å². The van der Waals surface area contributed by atoms with Crippen LogP contribution in [0.5, 0.6) is 5.75 Å². The van der Waals surface area contributed by atoms with Crippen molar-refractivity contribution in [2.45, 2.75) is 70.5 Å². The van der Waals surface area contributed by atoms with Crippen molar-refractivity contribution in [3.8, 4) is 5.75 Å². The highest BCUT2D eigenvalue weighted by atomic mass is 16.5. The van der Waals surface area contributed by atoms with Gasteiger partial charge in [-0.15, -0.1) is 0 Å². The van der Waals surface area contributed by atoms with Crippen LogP contribution >= 0.6 is 0 Å². The third kappa shape index (κ3) is 2.24. The number of rotatable bonds is 2. The van der Waals surface area contributed by atoms with Gasteiger partial charge in [-0.05, 0) is 36.0 Å². The van der Waals surface area contributed by atoms with E-state index in [0.717, 1.165) is 25.0 Å². The summed E-state index contributed by atoms with van der Waals surface area (Å²) >= 11 is 0. The van der Waals surface area contributed by atoms with Gasteiger partial charge in [0, 0.05) is 11.8 Å². The Bertz CT molecular complexity index is 480. The molecule has 2 fully saturated rings. The van der Waals surface area contributed by atoms with Crippen LogP contribution in [-0.2, 0) is 5.41 Å². The van der Waals surface area contributed by atoms with Crippen LogP contribution in [0.1, 0.15) is 58.4 Å². The van der Waals surface area contributed by atoms with Crippen LogP contribution in [-0.4, -0.2) is 17.3 Å². The van der Waals surface area contributed by atoms with Gasteiger partial charge in [-0.2, -0.15) is 0 Å². The molecule has 2 aliphatic carbocycles. The van der Waals surface area contributed by atoms with Crippen molar-refractivity contribution in [1.82, 2.24) is 0 Å². The molecule has 20 heavy (non-hydrogen) atoms. The maximum absolute atomic E-state index is 10.2. The largest absolute Gasteiger partial charge is 0.490 e. The fraction of sp³-hybridized carbons (Fsp3) is 0.667. The highest BCUT2D eigenvalue weighted by Crippen LogP contribution is 2.54. The van der Waals surface area contributed by atoms with Crippen molar-refractivity contribution in [2.24, 2.45) is 5.41 Å². The van der Waals surface area contributed by atoms with E-state index in [1.54, 1.807) is 0 Å². The predicted molar refractivity (Wildman–Crippen MR) is 81.1 cm³/mol. The van der Waals surface area contributed by atoms with E-state index in [9.17, 15) is 5.11 Å². The number of aliphatic hydroxyl groups excluding tert-OH is 1. The fourth-order valence-electron chi connectivity index (χ4n) is 3.78. The zero-order valence-corrected chi connectivity index (χ0v) is 12.9. The molecule has 0 aromatic heterocycles. The van der Waals surface area contributed by atoms with Gasteiger partial charge in [0.2, 0.25) is 0 Å². The molecule has 2 unspecified atom stereocenters. The van der Waals surface area contributed by atoms with E-state index < -0.39 is 0 Å². The summed E-state index contributed by atoms with van der Waals surface area (Å²) in [4.78, 5) is 0. The normalized spacial score (nSPS) is 28.4. The zero-order valence-electron chi connectivity index (χ0n) is 12.9. The van der Waals surface area contributed by atoms with Gasteiger partial charge in [0.05, 0.1) is 6.10 Å². The standard InChI is InChI=1S/C18H26O2/c1-17(2,3)13-7-6-8-14(11-13)20-16-12-15(19)18(16)9-4-5-10-18/h6-8,11,15-16,19H,4-5,9-10,12H2,1-3H3. The van der Waals surface area contributed by atoms with Crippen LogP contribution in [0.3, 0.4) is 0 Å². The van der Waals surface area contributed by atoms with Gasteiger partial charge in [0.25, 0.3) is 0 Å². The quantitative estimate of drug-likeness (QED) is 0.881.